The maximum Gasteiger partial charge on any atom is 0.0674 e. The van der Waals surface area contributed by atoms with Crippen LogP contribution in [0.25, 0.3) is 0 Å². The highest BCUT2D eigenvalue weighted by atomic mass is 16.5. The first-order valence-electron chi connectivity index (χ1n) is 6.84. The zero-order valence-corrected chi connectivity index (χ0v) is 11.4. The number of hydrogen-bond donors (Lipinski definition) is 1. The number of nitrogen functional groups attached to an aromatic ring is 1. The van der Waals surface area contributed by atoms with Gasteiger partial charge in [-0.15, -0.1) is 0 Å². The number of hydrogen-bond acceptors (Lipinski definition) is 3. The third-order valence-electron chi connectivity index (χ3n) is 3.71. The molecule has 100 valence electrons. The second kappa shape index (κ2) is 6.21. The van der Waals surface area contributed by atoms with Crippen LogP contribution in [0.5, 0.6) is 0 Å². The molecular weight excluding hydrogens is 224 g/mol. The Balaban J connectivity index is 1.80. The third-order valence-corrected chi connectivity index (χ3v) is 3.71. The highest BCUT2D eigenvalue weighted by Crippen LogP contribution is 2.20. The van der Waals surface area contributed by atoms with Crippen LogP contribution < -0.4 is 5.73 Å². The first kappa shape index (κ1) is 13.4. The summed E-state index contributed by atoms with van der Waals surface area (Å²) < 4.78 is 5.56. The average molecular weight is 248 g/mol. The summed E-state index contributed by atoms with van der Waals surface area (Å²) in [5.74, 6) is 0.587. The molecule has 0 bridgehead atoms. The van der Waals surface area contributed by atoms with Crippen molar-refractivity contribution >= 4 is 5.69 Å². The minimum absolute atomic E-state index is 0.380. The van der Waals surface area contributed by atoms with E-state index in [0.717, 1.165) is 31.9 Å². The smallest absolute Gasteiger partial charge is 0.0674 e. The Morgan fingerprint density at radius 3 is 2.78 bits per heavy atom. The molecule has 18 heavy (non-hydrogen) atoms. The zero-order valence-electron chi connectivity index (χ0n) is 11.4. The molecule has 2 N–H and O–H groups in total. The maximum atomic E-state index is 5.71. The predicted molar refractivity (Wildman–Crippen MR) is 75.7 cm³/mol. The van der Waals surface area contributed by atoms with Gasteiger partial charge in [-0.1, -0.05) is 19.1 Å². The Kier molecular flexibility index (Phi) is 4.61. The van der Waals surface area contributed by atoms with Gasteiger partial charge in [0, 0.05) is 18.8 Å². The summed E-state index contributed by atoms with van der Waals surface area (Å²) in [6.07, 6.45) is 1.57. The molecule has 1 aromatic rings. The van der Waals surface area contributed by atoms with Crippen LogP contribution in [0.15, 0.2) is 24.3 Å². The number of anilines is 1. The normalized spacial score (nSPS) is 22.9. The van der Waals surface area contributed by atoms with Gasteiger partial charge in [-0.05, 0) is 43.5 Å². The topological polar surface area (TPSA) is 38.5 Å². The summed E-state index contributed by atoms with van der Waals surface area (Å²) in [5, 5.41) is 0. The summed E-state index contributed by atoms with van der Waals surface area (Å²) in [4.78, 5) is 2.50. The van der Waals surface area contributed by atoms with Crippen LogP contribution >= 0.6 is 0 Å². The monoisotopic (exact) mass is 248 g/mol. The van der Waals surface area contributed by atoms with Crippen molar-refractivity contribution in [1.82, 2.24) is 4.90 Å². The molecule has 0 aromatic heterocycles. The summed E-state index contributed by atoms with van der Waals surface area (Å²) in [5.41, 5.74) is 7.93. The van der Waals surface area contributed by atoms with Crippen molar-refractivity contribution in [3.8, 4) is 0 Å². The second-order valence-electron chi connectivity index (χ2n) is 5.34. The van der Waals surface area contributed by atoms with E-state index in [9.17, 15) is 0 Å². The number of rotatable bonds is 4. The van der Waals surface area contributed by atoms with Gasteiger partial charge in [0.2, 0.25) is 0 Å². The van der Waals surface area contributed by atoms with Crippen LogP contribution in [0.1, 0.15) is 31.7 Å². The molecule has 2 rings (SSSR count). The minimum Gasteiger partial charge on any atom is -0.399 e. The molecule has 1 aliphatic heterocycles. The molecule has 0 aliphatic carbocycles. The van der Waals surface area contributed by atoms with E-state index in [-0.39, 0.29) is 0 Å². The van der Waals surface area contributed by atoms with Crippen molar-refractivity contribution in [2.45, 2.75) is 32.3 Å². The van der Waals surface area contributed by atoms with Gasteiger partial charge in [-0.2, -0.15) is 0 Å². The lowest BCUT2D eigenvalue weighted by Crippen LogP contribution is -2.41. The molecule has 0 amide bonds. The van der Waals surface area contributed by atoms with Gasteiger partial charge in [0.25, 0.3) is 0 Å². The molecule has 1 fully saturated rings. The van der Waals surface area contributed by atoms with Gasteiger partial charge in [0.05, 0.1) is 12.7 Å². The van der Waals surface area contributed by atoms with Crippen LogP contribution in [0.4, 0.5) is 5.69 Å². The molecule has 1 aromatic carbocycles. The van der Waals surface area contributed by atoms with Crippen LogP contribution in [0, 0.1) is 0 Å². The van der Waals surface area contributed by atoms with Crippen LogP contribution in [0.3, 0.4) is 0 Å². The molecule has 1 saturated heterocycles. The molecular formula is C15H24N2O. The Hall–Kier alpha value is -1.06. The van der Waals surface area contributed by atoms with E-state index in [4.69, 9.17) is 10.5 Å². The lowest BCUT2D eigenvalue weighted by atomic mass is 9.97. The van der Waals surface area contributed by atoms with Gasteiger partial charge in [0.1, 0.15) is 0 Å². The molecule has 1 heterocycles. The van der Waals surface area contributed by atoms with Crippen molar-refractivity contribution in [2.24, 2.45) is 0 Å². The van der Waals surface area contributed by atoms with E-state index in [1.807, 2.05) is 12.1 Å². The fourth-order valence-electron chi connectivity index (χ4n) is 2.46. The number of nitrogens with two attached hydrogens (primary N) is 1. The largest absolute Gasteiger partial charge is 0.399 e. The quantitative estimate of drug-likeness (QED) is 0.832. The molecule has 0 radical (unpaired) electrons. The lowest BCUT2D eigenvalue weighted by Gasteiger charge is -2.31. The minimum atomic E-state index is 0.380. The molecule has 3 nitrogen and oxygen atoms in total. The maximum absolute atomic E-state index is 5.71. The van der Waals surface area contributed by atoms with Gasteiger partial charge in [0.15, 0.2) is 0 Å². The van der Waals surface area contributed by atoms with Gasteiger partial charge in [-0.25, -0.2) is 0 Å². The van der Waals surface area contributed by atoms with Crippen molar-refractivity contribution in [3.05, 3.63) is 29.8 Å². The molecule has 3 heteroatoms. The predicted octanol–water partition coefficient (Wildman–Crippen LogP) is 2.48. The third kappa shape index (κ3) is 3.72. The van der Waals surface area contributed by atoms with E-state index in [1.54, 1.807) is 0 Å². The Bertz CT molecular complexity index is 363. The molecule has 2 unspecified atom stereocenters. The molecule has 2 atom stereocenters. The lowest BCUT2D eigenvalue weighted by molar-refractivity contribution is -0.0188. The van der Waals surface area contributed by atoms with Crippen molar-refractivity contribution < 1.29 is 4.74 Å². The first-order chi connectivity index (χ1) is 8.65. The summed E-state index contributed by atoms with van der Waals surface area (Å²) in [6, 6.07) is 8.26. The number of ether oxygens (including phenoxy) is 1. The van der Waals surface area contributed by atoms with Gasteiger partial charge >= 0.3 is 0 Å². The van der Waals surface area contributed by atoms with Crippen LogP contribution in [0.2, 0.25) is 0 Å². The summed E-state index contributed by atoms with van der Waals surface area (Å²) in [7, 11) is 0. The van der Waals surface area contributed by atoms with Crippen molar-refractivity contribution in [1.29, 1.82) is 0 Å². The van der Waals surface area contributed by atoms with Crippen LogP contribution in [-0.2, 0) is 4.74 Å². The van der Waals surface area contributed by atoms with E-state index in [0.29, 0.717) is 12.0 Å². The van der Waals surface area contributed by atoms with Crippen LogP contribution in [-0.4, -0.2) is 37.2 Å². The zero-order chi connectivity index (χ0) is 13.0. The first-order valence-corrected chi connectivity index (χ1v) is 6.84. The van der Waals surface area contributed by atoms with Crippen molar-refractivity contribution in [3.63, 3.8) is 0 Å². The molecule has 0 spiro atoms. The fourth-order valence-corrected chi connectivity index (χ4v) is 2.46. The Labute approximate surface area is 110 Å². The highest BCUT2D eigenvalue weighted by molar-refractivity contribution is 5.40. The van der Waals surface area contributed by atoms with E-state index in [1.165, 1.54) is 12.0 Å². The standard InChI is InChI=1S/C15H24N2O/c1-12(14-3-5-15(16)6-4-14)7-8-17-9-10-18-13(2)11-17/h3-6,12-13H,7-11,16H2,1-2H3. The number of nitrogens with zero attached hydrogens (tertiary/aromatic N) is 1. The Morgan fingerprint density at radius 1 is 1.39 bits per heavy atom. The van der Waals surface area contributed by atoms with E-state index >= 15 is 0 Å². The average Bonchev–Trinajstić information content (AvgIpc) is 2.37. The van der Waals surface area contributed by atoms with E-state index < -0.39 is 0 Å². The Morgan fingerprint density at radius 2 is 2.11 bits per heavy atom. The van der Waals surface area contributed by atoms with Gasteiger partial charge < -0.3 is 10.5 Å². The summed E-state index contributed by atoms with van der Waals surface area (Å²) >= 11 is 0. The SMILES string of the molecule is CC1CN(CCC(C)c2ccc(N)cc2)CCO1. The van der Waals surface area contributed by atoms with E-state index in [2.05, 4.69) is 30.9 Å². The van der Waals surface area contributed by atoms with Crippen molar-refractivity contribution in [2.75, 3.05) is 32.0 Å². The molecule has 0 saturated carbocycles. The van der Waals surface area contributed by atoms with Gasteiger partial charge in [-0.3, -0.25) is 4.90 Å². The fraction of sp³-hybridized carbons (Fsp3) is 0.600. The number of benzene rings is 1. The number of morpholine rings is 1. The second-order valence-corrected chi connectivity index (χ2v) is 5.34. The summed E-state index contributed by atoms with van der Waals surface area (Å²) in [6.45, 7) is 8.59. The highest BCUT2D eigenvalue weighted by Gasteiger charge is 2.17. The molecule has 1 aliphatic rings.